The van der Waals surface area contributed by atoms with Crippen LogP contribution in [0.2, 0.25) is 0 Å². The summed E-state index contributed by atoms with van der Waals surface area (Å²) in [7, 11) is 0. The van der Waals surface area contributed by atoms with E-state index in [1.165, 1.54) is 6.92 Å². The van der Waals surface area contributed by atoms with E-state index in [2.05, 4.69) is 27.8 Å². The van der Waals surface area contributed by atoms with Gasteiger partial charge >= 0.3 is 6.03 Å². The van der Waals surface area contributed by atoms with Crippen LogP contribution < -0.4 is 16.0 Å². The summed E-state index contributed by atoms with van der Waals surface area (Å²) in [6.07, 6.45) is 0. The summed E-state index contributed by atoms with van der Waals surface area (Å²) < 4.78 is 0. The number of hydrogen-bond acceptors (Lipinski definition) is 2. The Labute approximate surface area is 176 Å². The average molecular weight is 397 g/mol. The van der Waals surface area contributed by atoms with Crippen LogP contribution in [0.4, 0.5) is 16.2 Å². The minimum absolute atomic E-state index is 0.138. The van der Waals surface area contributed by atoms with Crippen LogP contribution in [0, 0.1) is 11.8 Å². The Morgan fingerprint density at radius 1 is 0.767 bits per heavy atom. The molecule has 0 aliphatic heterocycles. The predicted octanol–water partition coefficient (Wildman–Crippen LogP) is 4.93. The Hall–Kier alpha value is -4.04. The van der Waals surface area contributed by atoms with E-state index in [1.54, 1.807) is 6.07 Å². The highest BCUT2D eigenvalue weighted by atomic mass is 16.2. The number of urea groups is 1. The van der Waals surface area contributed by atoms with Crippen molar-refractivity contribution in [1.29, 1.82) is 0 Å². The molecule has 0 fully saturated rings. The van der Waals surface area contributed by atoms with Gasteiger partial charge in [0.25, 0.3) is 0 Å². The molecule has 1 unspecified atom stereocenters. The van der Waals surface area contributed by atoms with Gasteiger partial charge < -0.3 is 16.0 Å². The highest BCUT2D eigenvalue weighted by molar-refractivity contribution is 5.90. The summed E-state index contributed by atoms with van der Waals surface area (Å²) in [6.45, 7) is 3.34. The first-order valence-corrected chi connectivity index (χ1v) is 9.62. The molecule has 0 radical (unpaired) electrons. The first kappa shape index (κ1) is 20.7. The third kappa shape index (κ3) is 6.25. The van der Waals surface area contributed by atoms with Gasteiger partial charge in [0.05, 0.1) is 6.04 Å². The quantitative estimate of drug-likeness (QED) is 0.547. The number of carbonyl (C=O) groups is 2. The van der Waals surface area contributed by atoms with Gasteiger partial charge in [0.2, 0.25) is 5.91 Å². The summed E-state index contributed by atoms with van der Waals surface area (Å²) in [5.41, 5.74) is 3.99. The van der Waals surface area contributed by atoms with Gasteiger partial charge in [0.1, 0.15) is 0 Å². The number of hydrogen-bond donors (Lipinski definition) is 3. The summed E-state index contributed by atoms with van der Waals surface area (Å²) in [4.78, 5) is 23.7. The topological polar surface area (TPSA) is 70.2 Å². The van der Waals surface area contributed by atoms with Crippen molar-refractivity contribution >= 4 is 23.3 Å². The number of nitrogens with one attached hydrogen (secondary N) is 3. The van der Waals surface area contributed by atoms with Crippen LogP contribution in [0.15, 0.2) is 78.9 Å². The Morgan fingerprint density at radius 3 is 2.13 bits per heavy atom. The van der Waals surface area contributed by atoms with Gasteiger partial charge in [0, 0.05) is 29.4 Å². The van der Waals surface area contributed by atoms with E-state index in [9.17, 15) is 9.59 Å². The third-order valence-electron chi connectivity index (χ3n) is 4.30. The Bertz CT molecular complexity index is 1100. The molecule has 3 aromatic rings. The highest BCUT2D eigenvalue weighted by Gasteiger charge is 2.10. The van der Waals surface area contributed by atoms with Gasteiger partial charge in [-0.05, 0) is 55.0 Å². The first-order chi connectivity index (χ1) is 14.5. The average Bonchev–Trinajstić information content (AvgIpc) is 2.73. The normalized spacial score (nSPS) is 10.9. The molecule has 0 aromatic heterocycles. The fourth-order valence-corrected chi connectivity index (χ4v) is 2.88. The Morgan fingerprint density at radius 2 is 1.40 bits per heavy atom. The minimum Gasteiger partial charge on any atom is -0.331 e. The minimum atomic E-state index is -0.319. The van der Waals surface area contributed by atoms with Gasteiger partial charge in [0.15, 0.2) is 0 Å². The van der Waals surface area contributed by atoms with Gasteiger partial charge in [-0.25, -0.2) is 4.79 Å². The number of anilines is 2. The van der Waals surface area contributed by atoms with Crippen LogP contribution in [0.3, 0.4) is 0 Å². The maximum Gasteiger partial charge on any atom is 0.319 e. The van der Waals surface area contributed by atoms with E-state index in [1.807, 2.05) is 79.7 Å². The van der Waals surface area contributed by atoms with Crippen LogP contribution in [0.1, 0.15) is 36.6 Å². The molecule has 0 aliphatic carbocycles. The lowest BCUT2D eigenvalue weighted by Crippen LogP contribution is -2.31. The SMILES string of the molecule is CC(=O)Nc1cccc(C(C)NC(=O)Nc2cccc(C#Cc3ccccc3)c2)c1. The highest BCUT2D eigenvalue weighted by Crippen LogP contribution is 2.18. The maximum atomic E-state index is 12.4. The predicted molar refractivity (Wildman–Crippen MR) is 120 cm³/mol. The van der Waals surface area contributed by atoms with E-state index >= 15 is 0 Å². The molecule has 0 saturated carbocycles. The number of carbonyl (C=O) groups excluding carboxylic acids is 2. The molecular weight excluding hydrogens is 374 g/mol. The zero-order chi connectivity index (χ0) is 21.3. The zero-order valence-electron chi connectivity index (χ0n) is 16.9. The smallest absolute Gasteiger partial charge is 0.319 e. The summed E-state index contributed by atoms with van der Waals surface area (Å²) >= 11 is 0. The molecule has 3 rings (SSSR count). The molecule has 0 bridgehead atoms. The molecule has 5 nitrogen and oxygen atoms in total. The fourth-order valence-electron chi connectivity index (χ4n) is 2.88. The van der Waals surface area contributed by atoms with E-state index in [0.717, 1.165) is 16.7 Å². The molecule has 3 aromatic carbocycles. The molecule has 30 heavy (non-hydrogen) atoms. The molecule has 150 valence electrons. The Kier molecular flexibility index (Phi) is 6.86. The van der Waals surface area contributed by atoms with E-state index < -0.39 is 0 Å². The second-order valence-electron chi connectivity index (χ2n) is 6.82. The molecule has 0 heterocycles. The summed E-state index contributed by atoms with van der Waals surface area (Å²) in [5.74, 6) is 6.07. The zero-order valence-corrected chi connectivity index (χ0v) is 16.9. The van der Waals surface area contributed by atoms with Crippen molar-refractivity contribution in [3.8, 4) is 11.8 Å². The van der Waals surface area contributed by atoms with Gasteiger partial charge in [-0.15, -0.1) is 0 Å². The molecule has 0 saturated heterocycles. The van der Waals surface area contributed by atoms with Crippen molar-refractivity contribution in [2.75, 3.05) is 10.6 Å². The third-order valence-corrected chi connectivity index (χ3v) is 4.30. The van der Waals surface area contributed by atoms with Crippen molar-refractivity contribution in [2.24, 2.45) is 0 Å². The largest absolute Gasteiger partial charge is 0.331 e. The Balaban J connectivity index is 1.62. The van der Waals surface area contributed by atoms with E-state index in [-0.39, 0.29) is 18.0 Å². The lowest BCUT2D eigenvalue weighted by molar-refractivity contribution is -0.114. The summed E-state index contributed by atoms with van der Waals surface area (Å²) in [5, 5.41) is 8.49. The van der Waals surface area contributed by atoms with Crippen LogP contribution in [0.5, 0.6) is 0 Å². The van der Waals surface area contributed by atoms with E-state index in [4.69, 9.17) is 0 Å². The molecule has 3 N–H and O–H groups in total. The second-order valence-corrected chi connectivity index (χ2v) is 6.82. The van der Waals surface area contributed by atoms with Crippen molar-refractivity contribution < 1.29 is 9.59 Å². The number of rotatable bonds is 4. The second kappa shape index (κ2) is 9.94. The molecule has 3 amide bonds. The lowest BCUT2D eigenvalue weighted by atomic mass is 10.1. The number of amides is 3. The lowest BCUT2D eigenvalue weighted by Gasteiger charge is -2.16. The van der Waals surface area contributed by atoms with Crippen LogP contribution in [-0.2, 0) is 4.79 Å². The fraction of sp³-hybridized carbons (Fsp3) is 0.120. The molecule has 5 heteroatoms. The van der Waals surface area contributed by atoms with Crippen molar-refractivity contribution in [2.45, 2.75) is 19.9 Å². The molecule has 0 aliphatic rings. The first-order valence-electron chi connectivity index (χ1n) is 9.62. The van der Waals surface area contributed by atoms with Crippen molar-refractivity contribution in [3.05, 3.63) is 95.6 Å². The van der Waals surface area contributed by atoms with Crippen molar-refractivity contribution in [1.82, 2.24) is 5.32 Å². The number of benzene rings is 3. The van der Waals surface area contributed by atoms with Crippen molar-refractivity contribution in [3.63, 3.8) is 0 Å². The van der Waals surface area contributed by atoms with Gasteiger partial charge in [-0.1, -0.05) is 48.2 Å². The molecular formula is C25H23N3O2. The monoisotopic (exact) mass is 397 g/mol. The van der Waals surface area contributed by atoms with E-state index in [0.29, 0.717) is 11.4 Å². The maximum absolute atomic E-state index is 12.4. The van der Waals surface area contributed by atoms with Crippen LogP contribution in [-0.4, -0.2) is 11.9 Å². The van der Waals surface area contributed by atoms with Gasteiger partial charge in [-0.2, -0.15) is 0 Å². The summed E-state index contributed by atoms with van der Waals surface area (Å²) in [6, 6.07) is 24.0. The molecule has 1 atom stereocenters. The van der Waals surface area contributed by atoms with Crippen LogP contribution >= 0.6 is 0 Å². The van der Waals surface area contributed by atoms with Crippen LogP contribution in [0.25, 0.3) is 0 Å². The van der Waals surface area contributed by atoms with Gasteiger partial charge in [-0.3, -0.25) is 4.79 Å². The standard InChI is InChI=1S/C25H23N3O2/c1-18(22-11-7-13-24(17-22)27-19(2)29)26-25(30)28-23-12-6-10-21(16-23)15-14-20-8-4-3-5-9-20/h3-13,16-18H,1-2H3,(H,27,29)(H2,26,28,30). The molecule has 0 spiro atoms.